The van der Waals surface area contributed by atoms with Gasteiger partial charge in [-0.25, -0.2) is 14.6 Å². The Balaban J connectivity index is 1.63. The van der Waals surface area contributed by atoms with Gasteiger partial charge in [-0.2, -0.15) is 0 Å². The minimum atomic E-state index is -1.00. The molecule has 0 atom stereocenters. The molecule has 1 saturated heterocycles. The minimum Gasteiger partial charge on any atom is -0.480 e. The van der Waals surface area contributed by atoms with Crippen LogP contribution in [0.1, 0.15) is 38.6 Å². The zero-order valence-corrected chi connectivity index (χ0v) is 16.8. The van der Waals surface area contributed by atoms with Crippen LogP contribution in [0.15, 0.2) is 9.98 Å². The third-order valence-electron chi connectivity index (χ3n) is 4.36. The van der Waals surface area contributed by atoms with E-state index in [0.717, 1.165) is 9.61 Å². The molecule has 0 aromatic carbocycles. The van der Waals surface area contributed by atoms with Crippen molar-refractivity contribution < 1.29 is 24.2 Å². The van der Waals surface area contributed by atoms with Gasteiger partial charge in [-0.1, -0.05) is 0 Å². The number of halogens is 1. The largest absolute Gasteiger partial charge is 0.480 e. The molecule has 25 heavy (non-hydrogen) atoms. The second-order valence-electron chi connectivity index (χ2n) is 7.84. The smallest absolute Gasteiger partial charge is 0.410 e. The summed E-state index contributed by atoms with van der Waals surface area (Å²) < 4.78 is 11.8. The number of thiazole rings is 1. The van der Waals surface area contributed by atoms with E-state index >= 15 is 0 Å². The lowest BCUT2D eigenvalue weighted by atomic mass is 9.55. The standard InChI is InChI=1S/C16H21BrN2O5S/c1-14(2,3)24-13(22)19-8-15(9-19)6-16(7-15,23-4-11(20)21)12-18-10(17)5-25-12/h5H,4,6-9H2,1-3H3,(H,20,21). The number of hydrogen-bond acceptors (Lipinski definition) is 6. The first-order valence-electron chi connectivity index (χ1n) is 7.98. The maximum atomic E-state index is 12.1. The van der Waals surface area contributed by atoms with E-state index < -0.39 is 17.2 Å². The van der Waals surface area contributed by atoms with Crippen LogP contribution in [0.2, 0.25) is 0 Å². The molecular weight excluding hydrogens is 412 g/mol. The van der Waals surface area contributed by atoms with Gasteiger partial charge < -0.3 is 19.5 Å². The summed E-state index contributed by atoms with van der Waals surface area (Å²) in [5, 5.41) is 11.6. The quantitative estimate of drug-likeness (QED) is 0.785. The maximum Gasteiger partial charge on any atom is 0.410 e. The van der Waals surface area contributed by atoms with E-state index in [2.05, 4.69) is 20.9 Å². The van der Waals surface area contributed by atoms with Gasteiger partial charge in [-0.15, -0.1) is 11.3 Å². The number of likely N-dealkylation sites (tertiary alicyclic amines) is 1. The van der Waals surface area contributed by atoms with Crippen molar-refractivity contribution in [2.45, 2.75) is 44.8 Å². The summed E-state index contributed by atoms with van der Waals surface area (Å²) in [4.78, 5) is 29.1. The van der Waals surface area contributed by atoms with Gasteiger partial charge >= 0.3 is 12.1 Å². The highest BCUT2D eigenvalue weighted by atomic mass is 79.9. The minimum absolute atomic E-state index is 0.0342. The summed E-state index contributed by atoms with van der Waals surface area (Å²) in [6, 6.07) is 0. The molecule has 1 spiro atoms. The van der Waals surface area contributed by atoms with Crippen molar-refractivity contribution in [2.24, 2.45) is 5.41 Å². The van der Waals surface area contributed by atoms with E-state index in [1.807, 2.05) is 26.2 Å². The van der Waals surface area contributed by atoms with Crippen molar-refractivity contribution in [1.82, 2.24) is 9.88 Å². The van der Waals surface area contributed by atoms with Crippen LogP contribution in [-0.4, -0.2) is 52.4 Å². The lowest BCUT2D eigenvalue weighted by Gasteiger charge is -2.62. The van der Waals surface area contributed by atoms with Crippen LogP contribution < -0.4 is 0 Å². The number of carboxylic acid groups (broad SMARTS) is 1. The van der Waals surface area contributed by atoms with Gasteiger partial charge in [0.2, 0.25) is 0 Å². The molecule has 1 aromatic rings. The summed E-state index contributed by atoms with van der Waals surface area (Å²) in [6.07, 6.45) is 1.01. The lowest BCUT2D eigenvalue weighted by Crippen LogP contribution is -2.68. The van der Waals surface area contributed by atoms with Crippen molar-refractivity contribution in [3.05, 3.63) is 15.0 Å². The Morgan fingerprint density at radius 3 is 2.52 bits per heavy atom. The number of ether oxygens (including phenoxy) is 2. The van der Waals surface area contributed by atoms with Crippen LogP contribution in [0.4, 0.5) is 4.79 Å². The van der Waals surface area contributed by atoms with Gasteiger partial charge in [0.1, 0.15) is 27.4 Å². The number of amides is 1. The van der Waals surface area contributed by atoms with Crippen LogP contribution in [0.5, 0.6) is 0 Å². The third kappa shape index (κ3) is 3.83. The fourth-order valence-electron chi connectivity index (χ4n) is 3.58. The fraction of sp³-hybridized carbons (Fsp3) is 0.688. The molecule has 3 rings (SSSR count). The first kappa shape index (κ1) is 18.6. The molecule has 1 amide bonds. The molecular formula is C16H21BrN2O5S. The number of carboxylic acids is 1. The molecule has 2 aliphatic rings. The van der Waals surface area contributed by atoms with Gasteiger partial charge in [-0.3, -0.25) is 0 Å². The third-order valence-corrected chi connectivity index (χ3v) is 6.10. The SMILES string of the molecule is CC(C)(C)OC(=O)N1CC2(C1)CC(OCC(=O)O)(c1nc(Br)cs1)C2. The molecule has 0 bridgehead atoms. The molecule has 138 valence electrons. The predicted molar refractivity (Wildman–Crippen MR) is 94.6 cm³/mol. The molecule has 1 saturated carbocycles. The zero-order valence-electron chi connectivity index (χ0n) is 14.4. The number of aromatic nitrogens is 1. The Morgan fingerprint density at radius 1 is 1.40 bits per heavy atom. The Hall–Kier alpha value is -1.19. The van der Waals surface area contributed by atoms with E-state index in [1.54, 1.807) is 4.90 Å². The summed E-state index contributed by atoms with van der Waals surface area (Å²) in [6.45, 7) is 6.38. The highest BCUT2D eigenvalue weighted by molar-refractivity contribution is 9.10. The van der Waals surface area contributed by atoms with Crippen LogP contribution in [0, 0.1) is 5.41 Å². The first-order valence-corrected chi connectivity index (χ1v) is 9.65. The van der Waals surface area contributed by atoms with Gasteiger partial charge in [0.25, 0.3) is 0 Å². The topological polar surface area (TPSA) is 89.0 Å². The van der Waals surface area contributed by atoms with E-state index in [-0.39, 0.29) is 18.1 Å². The van der Waals surface area contributed by atoms with Gasteiger partial charge in [-0.05, 0) is 49.5 Å². The molecule has 2 heterocycles. The molecule has 7 nitrogen and oxygen atoms in total. The molecule has 1 aromatic heterocycles. The van der Waals surface area contributed by atoms with Crippen molar-refractivity contribution >= 4 is 39.3 Å². The first-order chi connectivity index (χ1) is 11.5. The van der Waals surface area contributed by atoms with E-state index in [9.17, 15) is 9.59 Å². The second-order valence-corrected chi connectivity index (χ2v) is 9.51. The lowest BCUT2D eigenvalue weighted by molar-refractivity contribution is -0.220. The number of carbonyl (C=O) groups excluding carboxylic acids is 1. The van der Waals surface area contributed by atoms with Gasteiger partial charge in [0.15, 0.2) is 0 Å². The molecule has 1 aliphatic carbocycles. The van der Waals surface area contributed by atoms with Crippen LogP contribution >= 0.6 is 27.3 Å². The van der Waals surface area contributed by atoms with Crippen LogP contribution in [-0.2, 0) is 19.9 Å². The predicted octanol–water partition coefficient (Wildman–Crippen LogP) is 3.23. The highest BCUT2D eigenvalue weighted by Crippen LogP contribution is 2.61. The molecule has 9 heteroatoms. The molecule has 0 unspecified atom stereocenters. The van der Waals surface area contributed by atoms with E-state index in [1.165, 1.54) is 11.3 Å². The Labute approximate surface area is 158 Å². The van der Waals surface area contributed by atoms with Crippen molar-refractivity contribution in [1.29, 1.82) is 0 Å². The Bertz CT molecular complexity index is 685. The molecule has 2 fully saturated rings. The monoisotopic (exact) mass is 432 g/mol. The maximum absolute atomic E-state index is 12.1. The molecule has 1 N–H and O–H groups in total. The average Bonchev–Trinajstić information content (AvgIpc) is 2.80. The van der Waals surface area contributed by atoms with Crippen molar-refractivity contribution in [3.63, 3.8) is 0 Å². The summed E-state index contributed by atoms with van der Waals surface area (Å²) in [5.74, 6) is -1.00. The average molecular weight is 433 g/mol. The zero-order chi connectivity index (χ0) is 18.5. The summed E-state index contributed by atoms with van der Waals surface area (Å²) in [5.41, 5.74) is -1.22. The number of rotatable bonds is 4. The van der Waals surface area contributed by atoms with Gasteiger partial charge in [0.05, 0.1) is 0 Å². The molecule has 0 radical (unpaired) electrons. The van der Waals surface area contributed by atoms with Crippen LogP contribution in [0.25, 0.3) is 0 Å². The van der Waals surface area contributed by atoms with E-state index in [0.29, 0.717) is 25.9 Å². The Morgan fingerprint density at radius 2 is 2.04 bits per heavy atom. The second kappa shape index (κ2) is 6.21. The fourth-order valence-corrected chi connectivity index (χ4v) is 4.99. The number of carbonyl (C=O) groups is 2. The van der Waals surface area contributed by atoms with Crippen molar-refractivity contribution in [2.75, 3.05) is 19.7 Å². The van der Waals surface area contributed by atoms with E-state index in [4.69, 9.17) is 14.6 Å². The summed E-state index contributed by atoms with van der Waals surface area (Å²) in [7, 11) is 0. The van der Waals surface area contributed by atoms with Gasteiger partial charge in [0, 0.05) is 23.9 Å². The Kier molecular flexibility index (Phi) is 4.62. The number of nitrogens with zero attached hydrogens (tertiary/aromatic N) is 2. The number of aliphatic carboxylic acids is 1. The van der Waals surface area contributed by atoms with Crippen molar-refractivity contribution in [3.8, 4) is 0 Å². The van der Waals surface area contributed by atoms with Crippen LogP contribution in [0.3, 0.4) is 0 Å². The number of hydrogen-bond donors (Lipinski definition) is 1. The summed E-state index contributed by atoms with van der Waals surface area (Å²) >= 11 is 4.79. The highest BCUT2D eigenvalue weighted by Gasteiger charge is 2.64. The normalized spacial score (nSPS) is 20.7. The molecule has 1 aliphatic heterocycles.